The largest absolute Gasteiger partial charge is 0.456 e. The van der Waals surface area contributed by atoms with Crippen molar-refractivity contribution in [3.8, 4) is 0 Å². The SMILES string of the molecule is CC(C)(O)C(C)(C)O[B]c1c2ccccc2cc2oc3cc4c5ccccc5c5ccccc5c4cc3c12. The summed E-state index contributed by atoms with van der Waals surface area (Å²) in [5.74, 6) is 0. The fourth-order valence-electron chi connectivity index (χ4n) is 5.51. The van der Waals surface area contributed by atoms with Gasteiger partial charge in [-0.25, -0.2) is 0 Å². The number of fused-ring (bicyclic) bond motifs is 10. The Balaban J connectivity index is 1.59. The van der Waals surface area contributed by atoms with Crippen LogP contribution in [0.4, 0.5) is 0 Å². The number of hydrogen-bond acceptors (Lipinski definition) is 3. The summed E-state index contributed by atoms with van der Waals surface area (Å²) in [4.78, 5) is 0. The van der Waals surface area contributed by atoms with Crippen molar-refractivity contribution in [1.29, 1.82) is 0 Å². The zero-order valence-electron chi connectivity index (χ0n) is 22.0. The number of aliphatic hydroxyl groups is 1. The number of hydrogen-bond donors (Lipinski definition) is 1. The van der Waals surface area contributed by atoms with Gasteiger partial charge in [-0.1, -0.05) is 72.8 Å². The molecule has 0 saturated heterocycles. The molecule has 38 heavy (non-hydrogen) atoms. The van der Waals surface area contributed by atoms with Gasteiger partial charge in [0.2, 0.25) is 0 Å². The molecular weight excluding hydrogens is 467 g/mol. The van der Waals surface area contributed by atoms with Gasteiger partial charge in [0.25, 0.3) is 0 Å². The molecule has 0 atom stereocenters. The van der Waals surface area contributed by atoms with Crippen LogP contribution in [0.2, 0.25) is 0 Å². The lowest BCUT2D eigenvalue weighted by Gasteiger charge is -2.37. The highest BCUT2D eigenvalue weighted by atomic mass is 16.5. The molecule has 7 rings (SSSR count). The minimum atomic E-state index is -1.03. The molecule has 6 aromatic carbocycles. The van der Waals surface area contributed by atoms with E-state index in [2.05, 4.69) is 78.9 Å². The van der Waals surface area contributed by atoms with Crippen LogP contribution in [0.15, 0.2) is 95.4 Å². The molecule has 0 aliphatic rings. The fraction of sp³-hybridized carbons (Fsp3) is 0.176. The molecule has 0 saturated carbocycles. The normalized spacial score (nSPS) is 13.0. The third-order valence-corrected chi connectivity index (χ3v) is 8.33. The quantitative estimate of drug-likeness (QED) is 0.199. The first kappa shape index (κ1) is 23.3. The Labute approximate surface area is 221 Å². The van der Waals surface area contributed by atoms with E-state index in [1.807, 2.05) is 26.0 Å². The third-order valence-electron chi connectivity index (χ3n) is 8.33. The molecular formula is C34H28BO3. The van der Waals surface area contributed by atoms with Gasteiger partial charge in [-0.2, -0.15) is 0 Å². The monoisotopic (exact) mass is 495 g/mol. The molecule has 185 valence electrons. The summed E-state index contributed by atoms with van der Waals surface area (Å²) in [5, 5.41) is 22.3. The maximum absolute atomic E-state index is 10.7. The van der Waals surface area contributed by atoms with E-state index in [-0.39, 0.29) is 0 Å². The van der Waals surface area contributed by atoms with Crippen LogP contribution < -0.4 is 5.46 Å². The number of benzene rings is 6. The van der Waals surface area contributed by atoms with Crippen molar-refractivity contribution in [3.05, 3.63) is 91.0 Å². The number of rotatable bonds is 4. The van der Waals surface area contributed by atoms with Crippen molar-refractivity contribution in [3.63, 3.8) is 0 Å². The van der Waals surface area contributed by atoms with E-state index in [4.69, 9.17) is 9.07 Å². The lowest BCUT2D eigenvalue weighted by Crippen LogP contribution is -2.49. The summed E-state index contributed by atoms with van der Waals surface area (Å²) >= 11 is 0. The van der Waals surface area contributed by atoms with Crippen LogP contribution in [-0.4, -0.2) is 23.8 Å². The predicted molar refractivity (Wildman–Crippen MR) is 161 cm³/mol. The summed E-state index contributed by atoms with van der Waals surface area (Å²) < 4.78 is 12.9. The molecule has 0 aliphatic carbocycles. The van der Waals surface area contributed by atoms with E-state index < -0.39 is 11.2 Å². The molecule has 0 amide bonds. The fourth-order valence-corrected chi connectivity index (χ4v) is 5.51. The molecule has 1 radical (unpaired) electrons. The van der Waals surface area contributed by atoms with E-state index in [0.717, 1.165) is 38.2 Å². The summed E-state index contributed by atoms with van der Waals surface area (Å²) in [7, 11) is 1.81. The van der Waals surface area contributed by atoms with Crippen molar-refractivity contribution in [2.75, 3.05) is 0 Å². The Morgan fingerprint density at radius 2 is 1.13 bits per heavy atom. The lowest BCUT2D eigenvalue weighted by molar-refractivity contribution is -0.0892. The smallest absolute Gasteiger partial charge is 0.332 e. The second kappa shape index (κ2) is 8.07. The minimum absolute atomic E-state index is 0.794. The molecule has 0 bridgehead atoms. The standard InChI is InChI=1S/C34H28BO3/c1-33(2,36)34(3,4)38-35-32-21-12-6-5-11-20(21)17-30-31(32)28-18-26-24-15-9-7-13-22(24)23-14-8-10-16-25(23)27(26)19-29(28)37-30/h5-19,36H,1-4H3. The van der Waals surface area contributed by atoms with E-state index in [1.54, 1.807) is 21.3 Å². The second-order valence-corrected chi connectivity index (χ2v) is 11.3. The van der Waals surface area contributed by atoms with E-state index in [9.17, 15) is 5.11 Å². The molecule has 0 unspecified atom stereocenters. The summed E-state index contributed by atoms with van der Waals surface area (Å²) in [6.07, 6.45) is 0. The summed E-state index contributed by atoms with van der Waals surface area (Å²) in [6.45, 7) is 7.36. The Morgan fingerprint density at radius 1 is 0.605 bits per heavy atom. The van der Waals surface area contributed by atoms with Gasteiger partial charge in [0.15, 0.2) is 0 Å². The Bertz CT molecular complexity index is 2040. The van der Waals surface area contributed by atoms with Crippen LogP contribution in [0.5, 0.6) is 0 Å². The highest BCUT2D eigenvalue weighted by Gasteiger charge is 2.36. The van der Waals surface area contributed by atoms with E-state index in [0.29, 0.717) is 0 Å². The molecule has 4 heteroatoms. The second-order valence-electron chi connectivity index (χ2n) is 11.3. The van der Waals surface area contributed by atoms with Gasteiger partial charge in [0.05, 0.1) is 11.2 Å². The van der Waals surface area contributed by atoms with Gasteiger partial charge >= 0.3 is 7.48 Å². The third kappa shape index (κ3) is 3.37. The summed E-state index contributed by atoms with van der Waals surface area (Å²) in [5.41, 5.74) is 0.802. The van der Waals surface area contributed by atoms with Crippen molar-refractivity contribution < 1.29 is 14.2 Å². The Morgan fingerprint density at radius 3 is 1.74 bits per heavy atom. The molecule has 1 aromatic heterocycles. The van der Waals surface area contributed by atoms with Crippen LogP contribution in [0.3, 0.4) is 0 Å². The highest BCUT2D eigenvalue weighted by molar-refractivity contribution is 6.57. The average molecular weight is 495 g/mol. The Hall–Kier alpha value is -3.86. The zero-order valence-corrected chi connectivity index (χ0v) is 22.0. The molecule has 7 aromatic rings. The minimum Gasteiger partial charge on any atom is -0.456 e. The molecule has 0 fully saturated rings. The molecule has 0 aliphatic heterocycles. The van der Waals surface area contributed by atoms with Gasteiger partial charge in [0.1, 0.15) is 11.2 Å². The van der Waals surface area contributed by atoms with Gasteiger partial charge in [0, 0.05) is 10.8 Å². The van der Waals surface area contributed by atoms with Crippen LogP contribution in [-0.2, 0) is 4.65 Å². The van der Waals surface area contributed by atoms with E-state index >= 15 is 0 Å². The first-order valence-corrected chi connectivity index (χ1v) is 13.1. The molecule has 3 nitrogen and oxygen atoms in total. The van der Waals surface area contributed by atoms with Gasteiger partial charge in [-0.3, -0.25) is 0 Å². The molecule has 0 spiro atoms. The highest BCUT2D eigenvalue weighted by Crippen LogP contribution is 2.40. The van der Waals surface area contributed by atoms with Gasteiger partial charge in [-0.05, 0) is 94.4 Å². The average Bonchev–Trinajstić information content (AvgIpc) is 3.26. The van der Waals surface area contributed by atoms with Gasteiger partial charge in [-0.15, -0.1) is 0 Å². The van der Waals surface area contributed by atoms with E-state index in [1.165, 1.54) is 32.3 Å². The van der Waals surface area contributed by atoms with Gasteiger partial charge < -0.3 is 14.2 Å². The lowest BCUT2D eigenvalue weighted by atomic mass is 9.78. The maximum atomic E-state index is 10.7. The molecule has 1 N–H and O–H groups in total. The van der Waals surface area contributed by atoms with Crippen molar-refractivity contribution in [2.45, 2.75) is 38.9 Å². The van der Waals surface area contributed by atoms with Crippen molar-refractivity contribution in [1.82, 2.24) is 0 Å². The maximum Gasteiger partial charge on any atom is 0.332 e. The van der Waals surface area contributed by atoms with Crippen LogP contribution >= 0.6 is 0 Å². The van der Waals surface area contributed by atoms with Crippen molar-refractivity contribution >= 4 is 78.0 Å². The topological polar surface area (TPSA) is 42.6 Å². The summed E-state index contributed by atoms with van der Waals surface area (Å²) in [6, 6.07) is 32.1. The van der Waals surface area contributed by atoms with Crippen LogP contribution in [0.25, 0.3) is 65.0 Å². The number of furan rings is 1. The predicted octanol–water partition coefficient (Wildman–Crippen LogP) is 8.01. The first-order valence-electron chi connectivity index (χ1n) is 13.1. The van der Waals surface area contributed by atoms with Crippen molar-refractivity contribution in [2.24, 2.45) is 0 Å². The molecule has 1 heterocycles. The van der Waals surface area contributed by atoms with Crippen LogP contribution in [0.1, 0.15) is 27.7 Å². The Kier molecular flexibility index (Phi) is 4.94. The first-order chi connectivity index (χ1) is 18.2. The van der Waals surface area contributed by atoms with Crippen LogP contribution in [0, 0.1) is 0 Å². The zero-order chi connectivity index (χ0) is 26.2.